The quantitative estimate of drug-likeness (QED) is 0.843. The Bertz CT molecular complexity index is 427. The molecule has 0 radical (unpaired) electrons. The highest BCUT2D eigenvalue weighted by atomic mass is 79.9. The third kappa shape index (κ3) is 1.63. The Morgan fingerprint density at radius 2 is 1.93 bits per heavy atom. The zero-order valence-corrected chi connectivity index (χ0v) is 9.19. The Balaban J connectivity index is 2.44. The highest BCUT2D eigenvalue weighted by Gasteiger charge is 2.05. The fourth-order valence-corrected chi connectivity index (χ4v) is 1.38. The number of hydrogen-bond donors (Lipinski definition) is 1. The number of halogens is 1. The Labute approximate surface area is 89.9 Å². The maximum Gasteiger partial charge on any atom is 0.218 e. The van der Waals surface area contributed by atoms with Gasteiger partial charge in [-0.1, -0.05) is 28.1 Å². The molecule has 2 aromatic rings. The first-order valence-electron chi connectivity index (χ1n) is 4.09. The minimum absolute atomic E-state index is 0.419. The van der Waals surface area contributed by atoms with Crippen molar-refractivity contribution in [2.45, 2.75) is 0 Å². The van der Waals surface area contributed by atoms with Gasteiger partial charge in [-0.3, -0.25) is 0 Å². The molecule has 0 saturated heterocycles. The normalized spacial score (nSPS) is 10.4. The van der Waals surface area contributed by atoms with Gasteiger partial charge in [-0.05, 0) is 12.1 Å². The molecule has 2 rings (SSSR count). The smallest absolute Gasteiger partial charge is 0.218 e. The van der Waals surface area contributed by atoms with Crippen LogP contribution < -0.4 is 5.73 Å². The van der Waals surface area contributed by atoms with Gasteiger partial charge < -0.3 is 5.73 Å². The molecule has 2 N–H and O–H groups in total. The van der Waals surface area contributed by atoms with Crippen molar-refractivity contribution < 1.29 is 0 Å². The molecule has 0 aliphatic carbocycles. The van der Waals surface area contributed by atoms with Gasteiger partial charge in [0.25, 0.3) is 0 Å². The van der Waals surface area contributed by atoms with Crippen molar-refractivity contribution in [2.24, 2.45) is 7.05 Å². The zero-order chi connectivity index (χ0) is 10.1. The van der Waals surface area contributed by atoms with Crippen LogP contribution in [-0.2, 0) is 7.05 Å². The van der Waals surface area contributed by atoms with Crippen molar-refractivity contribution in [3.63, 3.8) is 0 Å². The second-order valence-corrected chi connectivity index (χ2v) is 3.84. The standard InChI is InChI=1S/C9H9BrN4/c1-14-9(11)12-8(13-14)6-2-4-7(10)5-3-6/h2-5H,1H3,(H2,11,12,13). The van der Waals surface area contributed by atoms with Gasteiger partial charge in [0, 0.05) is 17.1 Å². The van der Waals surface area contributed by atoms with Crippen LogP contribution in [0.25, 0.3) is 11.4 Å². The number of benzene rings is 1. The van der Waals surface area contributed by atoms with Gasteiger partial charge in [-0.25, -0.2) is 4.68 Å². The largest absolute Gasteiger partial charge is 0.368 e. The fraction of sp³-hybridized carbons (Fsp3) is 0.111. The van der Waals surface area contributed by atoms with E-state index in [4.69, 9.17) is 5.73 Å². The Hall–Kier alpha value is -1.36. The van der Waals surface area contributed by atoms with Crippen LogP contribution in [0, 0.1) is 0 Å². The van der Waals surface area contributed by atoms with Crippen LogP contribution in [0.2, 0.25) is 0 Å². The summed E-state index contributed by atoms with van der Waals surface area (Å²) in [5.41, 5.74) is 6.55. The molecular weight excluding hydrogens is 244 g/mol. The van der Waals surface area contributed by atoms with E-state index in [-0.39, 0.29) is 0 Å². The van der Waals surface area contributed by atoms with Crippen molar-refractivity contribution in [2.75, 3.05) is 5.73 Å². The van der Waals surface area contributed by atoms with Crippen molar-refractivity contribution in [1.29, 1.82) is 0 Å². The molecule has 0 atom stereocenters. The minimum atomic E-state index is 0.419. The molecule has 0 aliphatic rings. The highest BCUT2D eigenvalue weighted by molar-refractivity contribution is 9.10. The molecule has 72 valence electrons. The van der Waals surface area contributed by atoms with Crippen LogP contribution in [-0.4, -0.2) is 14.8 Å². The topological polar surface area (TPSA) is 56.7 Å². The van der Waals surface area contributed by atoms with Gasteiger partial charge in [0.2, 0.25) is 5.95 Å². The SMILES string of the molecule is Cn1nc(-c2ccc(Br)cc2)nc1N. The summed E-state index contributed by atoms with van der Waals surface area (Å²) in [7, 11) is 1.77. The lowest BCUT2D eigenvalue weighted by Gasteiger charge is -1.94. The lowest BCUT2D eigenvalue weighted by Crippen LogP contribution is -1.97. The summed E-state index contributed by atoms with van der Waals surface area (Å²) in [4.78, 5) is 4.12. The summed E-state index contributed by atoms with van der Waals surface area (Å²) >= 11 is 3.37. The number of anilines is 1. The molecule has 0 amide bonds. The second kappa shape index (κ2) is 3.42. The van der Waals surface area contributed by atoms with E-state index in [1.165, 1.54) is 0 Å². The molecule has 0 spiro atoms. The first kappa shape index (κ1) is 9.21. The average Bonchev–Trinajstić information content (AvgIpc) is 2.48. The van der Waals surface area contributed by atoms with Crippen LogP contribution in [0.4, 0.5) is 5.95 Å². The monoisotopic (exact) mass is 252 g/mol. The van der Waals surface area contributed by atoms with E-state index in [0.717, 1.165) is 10.0 Å². The Kier molecular flexibility index (Phi) is 2.25. The molecule has 14 heavy (non-hydrogen) atoms. The number of aromatic nitrogens is 3. The average molecular weight is 253 g/mol. The van der Waals surface area contributed by atoms with E-state index >= 15 is 0 Å². The molecule has 0 unspecified atom stereocenters. The number of hydrogen-bond acceptors (Lipinski definition) is 3. The van der Waals surface area contributed by atoms with E-state index in [9.17, 15) is 0 Å². The number of nitrogens with two attached hydrogens (primary N) is 1. The molecule has 0 bridgehead atoms. The zero-order valence-electron chi connectivity index (χ0n) is 7.61. The summed E-state index contributed by atoms with van der Waals surface area (Å²) in [5, 5.41) is 4.18. The Morgan fingerprint density at radius 3 is 2.43 bits per heavy atom. The first-order chi connectivity index (χ1) is 6.66. The molecule has 5 heteroatoms. The van der Waals surface area contributed by atoms with Crippen molar-refractivity contribution in [3.05, 3.63) is 28.7 Å². The summed E-state index contributed by atoms with van der Waals surface area (Å²) in [5.74, 6) is 1.07. The number of rotatable bonds is 1. The van der Waals surface area contributed by atoms with Crippen LogP contribution in [0.3, 0.4) is 0 Å². The summed E-state index contributed by atoms with van der Waals surface area (Å²) < 4.78 is 2.59. The minimum Gasteiger partial charge on any atom is -0.368 e. The molecule has 0 saturated carbocycles. The highest BCUT2D eigenvalue weighted by Crippen LogP contribution is 2.18. The van der Waals surface area contributed by atoms with E-state index in [0.29, 0.717) is 11.8 Å². The van der Waals surface area contributed by atoms with Gasteiger partial charge in [0.05, 0.1) is 0 Å². The van der Waals surface area contributed by atoms with Crippen LogP contribution in [0.5, 0.6) is 0 Å². The maximum atomic E-state index is 5.59. The third-order valence-electron chi connectivity index (χ3n) is 1.90. The summed E-state index contributed by atoms with van der Waals surface area (Å²) in [6.07, 6.45) is 0. The molecule has 4 nitrogen and oxygen atoms in total. The molecule has 0 aliphatic heterocycles. The second-order valence-electron chi connectivity index (χ2n) is 2.92. The number of aryl methyl sites for hydroxylation is 1. The van der Waals surface area contributed by atoms with Gasteiger partial charge in [0.15, 0.2) is 5.82 Å². The number of nitrogens with zero attached hydrogens (tertiary/aromatic N) is 3. The first-order valence-corrected chi connectivity index (χ1v) is 4.88. The predicted molar refractivity (Wildman–Crippen MR) is 58.6 cm³/mol. The van der Waals surface area contributed by atoms with E-state index in [1.807, 2.05) is 24.3 Å². The van der Waals surface area contributed by atoms with Gasteiger partial charge in [-0.2, -0.15) is 4.98 Å². The molecule has 0 fully saturated rings. The van der Waals surface area contributed by atoms with Crippen LogP contribution in [0.15, 0.2) is 28.7 Å². The van der Waals surface area contributed by atoms with E-state index in [2.05, 4.69) is 26.0 Å². The van der Waals surface area contributed by atoms with Crippen molar-refractivity contribution in [3.8, 4) is 11.4 Å². The maximum absolute atomic E-state index is 5.59. The summed E-state index contributed by atoms with van der Waals surface area (Å²) in [6, 6.07) is 7.78. The molecule has 1 aromatic heterocycles. The predicted octanol–water partition coefficient (Wildman–Crippen LogP) is 1.83. The number of nitrogen functional groups attached to an aromatic ring is 1. The van der Waals surface area contributed by atoms with Gasteiger partial charge in [0.1, 0.15) is 0 Å². The van der Waals surface area contributed by atoms with Crippen molar-refractivity contribution >= 4 is 21.9 Å². The molecule has 1 heterocycles. The third-order valence-corrected chi connectivity index (χ3v) is 2.43. The van der Waals surface area contributed by atoms with Gasteiger partial charge >= 0.3 is 0 Å². The van der Waals surface area contributed by atoms with Crippen LogP contribution >= 0.6 is 15.9 Å². The van der Waals surface area contributed by atoms with Gasteiger partial charge in [-0.15, -0.1) is 5.10 Å². The Morgan fingerprint density at radius 1 is 1.29 bits per heavy atom. The van der Waals surface area contributed by atoms with Crippen molar-refractivity contribution in [1.82, 2.24) is 14.8 Å². The summed E-state index contributed by atoms with van der Waals surface area (Å²) in [6.45, 7) is 0. The van der Waals surface area contributed by atoms with E-state index in [1.54, 1.807) is 11.7 Å². The fourth-order valence-electron chi connectivity index (χ4n) is 1.12. The van der Waals surface area contributed by atoms with E-state index < -0.39 is 0 Å². The molecule has 1 aromatic carbocycles. The lowest BCUT2D eigenvalue weighted by atomic mass is 10.2. The lowest BCUT2D eigenvalue weighted by molar-refractivity contribution is 0.781. The molecular formula is C9H9BrN4. The van der Waals surface area contributed by atoms with Crippen LogP contribution in [0.1, 0.15) is 0 Å².